The van der Waals surface area contributed by atoms with Gasteiger partial charge in [0.15, 0.2) is 5.78 Å². The first-order valence-corrected chi connectivity index (χ1v) is 10.4. The van der Waals surface area contributed by atoms with Crippen molar-refractivity contribution in [2.75, 3.05) is 27.8 Å². The predicted molar refractivity (Wildman–Crippen MR) is 116 cm³/mol. The minimum absolute atomic E-state index is 0.0363. The quantitative estimate of drug-likeness (QED) is 0.451. The number of nitrogens with zero attached hydrogens (tertiary/aromatic N) is 2. The molecule has 0 heterocycles. The highest BCUT2D eigenvalue weighted by Gasteiger charge is 2.32. The molecule has 0 aliphatic rings. The predicted octanol–water partition coefficient (Wildman–Crippen LogP) is 1.66. The molecule has 0 fully saturated rings. The number of ketones is 1. The highest BCUT2D eigenvalue weighted by Crippen LogP contribution is 2.16. The van der Waals surface area contributed by atoms with Crippen LogP contribution in [-0.2, 0) is 23.9 Å². The van der Waals surface area contributed by atoms with Gasteiger partial charge in [0.05, 0.1) is 12.6 Å². The van der Waals surface area contributed by atoms with Gasteiger partial charge < -0.3 is 19.9 Å². The van der Waals surface area contributed by atoms with Gasteiger partial charge in [-0.25, -0.2) is 4.79 Å². The van der Waals surface area contributed by atoms with Crippen molar-refractivity contribution >= 4 is 23.5 Å². The summed E-state index contributed by atoms with van der Waals surface area (Å²) in [5, 5.41) is 2.75. The molecule has 1 N–H and O–H groups in total. The number of amides is 2. The lowest BCUT2D eigenvalue weighted by atomic mass is 9.99. The Bertz CT molecular complexity index is 641. The number of hydrogen-bond donors (Lipinski definition) is 1. The first-order chi connectivity index (χ1) is 13.9. The highest BCUT2D eigenvalue weighted by molar-refractivity contribution is 5.92. The van der Waals surface area contributed by atoms with Crippen molar-refractivity contribution in [2.24, 2.45) is 11.8 Å². The summed E-state index contributed by atoms with van der Waals surface area (Å²) in [5.74, 6) is 1.46. The van der Waals surface area contributed by atoms with Gasteiger partial charge in [0.2, 0.25) is 11.8 Å². The van der Waals surface area contributed by atoms with Crippen LogP contribution in [0, 0.1) is 11.8 Å². The van der Waals surface area contributed by atoms with Gasteiger partial charge in [-0.3, -0.25) is 14.4 Å². The third-order valence-corrected chi connectivity index (χ3v) is 5.00. The molecule has 3 atom stereocenters. The van der Waals surface area contributed by atoms with Crippen molar-refractivity contribution in [1.29, 1.82) is 0 Å². The SMILES string of the molecule is COCC(=C=O)N(C)C(CC(C)C)C(=O)NC(C)C(=O)N(C)C(CC(C)C)C(C)=O. The fourth-order valence-corrected chi connectivity index (χ4v) is 3.29. The summed E-state index contributed by atoms with van der Waals surface area (Å²) in [7, 11) is 4.68. The summed E-state index contributed by atoms with van der Waals surface area (Å²) in [4.78, 5) is 52.1. The van der Waals surface area contributed by atoms with Crippen molar-refractivity contribution < 1.29 is 23.9 Å². The molecule has 0 aromatic heterocycles. The fourth-order valence-electron chi connectivity index (χ4n) is 3.29. The molecule has 0 bridgehead atoms. The summed E-state index contributed by atoms with van der Waals surface area (Å²) in [6, 6.07) is -2.00. The fraction of sp³-hybridized carbons (Fsp3) is 0.773. The first kappa shape index (κ1) is 27.8. The van der Waals surface area contributed by atoms with E-state index in [4.69, 9.17) is 4.74 Å². The first-order valence-electron chi connectivity index (χ1n) is 10.4. The number of carbonyl (C=O) groups excluding carboxylic acids is 4. The van der Waals surface area contributed by atoms with Gasteiger partial charge in [0.25, 0.3) is 0 Å². The van der Waals surface area contributed by atoms with E-state index in [1.54, 1.807) is 25.9 Å². The molecule has 2 amide bonds. The van der Waals surface area contributed by atoms with E-state index in [0.717, 1.165) is 0 Å². The lowest BCUT2D eigenvalue weighted by molar-refractivity contribution is -0.141. The molecule has 0 spiro atoms. The van der Waals surface area contributed by atoms with E-state index >= 15 is 0 Å². The zero-order chi connectivity index (χ0) is 23.6. The summed E-state index contributed by atoms with van der Waals surface area (Å²) in [6.45, 7) is 11.0. The number of Topliss-reactive ketones (excluding diaryl/α,β-unsaturated/α-hetero) is 1. The van der Waals surface area contributed by atoms with Crippen LogP contribution in [0.4, 0.5) is 0 Å². The maximum atomic E-state index is 13.0. The molecule has 0 aliphatic carbocycles. The average molecular weight is 426 g/mol. The molecule has 0 aromatic carbocycles. The summed E-state index contributed by atoms with van der Waals surface area (Å²) < 4.78 is 5.02. The topological polar surface area (TPSA) is 96.0 Å². The largest absolute Gasteiger partial charge is 0.378 e. The number of methoxy groups -OCH3 is 1. The lowest BCUT2D eigenvalue weighted by Gasteiger charge is -2.33. The summed E-state index contributed by atoms with van der Waals surface area (Å²) in [5.41, 5.74) is 0.225. The van der Waals surface area contributed by atoms with Crippen molar-refractivity contribution in [3.05, 3.63) is 5.70 Å². The van der Waals surface area contributed by atoms with Gasteiger partial charge in [0.1, 0.15) is 23.7 Å². The smallest absolute Gasteiger partial charge is 0.245 e. The molecule has 8 nitrogen and oxygen atoms in total. The molecular weight excluding hydrogens is 386 g/mol. The van der Waals surface area contributed by atoms with E-state index in [0.29, 0.717) is 12.8 Å². The Morgan fingerprint density at radius 3 is 1.83 bits per heavy atom. The minimum atomic E-state index is -0.814. The normalized spacial score (nSPS) is 14.0. The molecule has 0 aliphatic heterocycles. The van der Waals surface area contributed by atoms with Crippen LogP contribution < -0.4 is 5.32 Å². The Balaban J connectivity index is 5.44. The van der Waals surface area contributed by atoms with Crippen LogP contribution in [-0.4, -0.2) is 79.3 Å². The third kappa shape index (κ3) is 8.67. The second-order valence-electron chi connectivity index (χ2n) is 8.67. The Hall–Kier alpha value is -2.18. The maximum Gasteiger partial charge on any atom is 0.245 e. The average Bonchev–Trinajstić information content (AvgIpc) is 2.65. The minimum Gasteiger partial charge on any atom is -0.378 e. The molecule has 3 unspecified atom stereocenters. The molecule has 0 saturated heterocycles. The van der Waals surface area contributed by atoms with Gasteiger partial charge in [0, 0.05) is 21.2 Å². The summed E-state index contributed by atoms with van der Waals surface area (Å²) in [6.07, 6.45) is 1.04. The van der Waals surface area contributed by atoms with E-state index < -0.39 is 18.1 Å². The molecule has 0 aromatic rings. The zero-order valence-electron chi connectivity index (χ0n) is 19.9. The van der Waals surface area contributed by atoms with Gasteiger partial charge in [-0.2, -0.15) is 0 Å². The number of nitrogens with one attached hydrogen (secondary N) is 1. The van der Waals surface area contributed by atoms with Gasteiger partial charge in [-0.05, 0) is 38.5 Å². The van der Waals surface area contributed by atoms with Crippen molar-refractivity contribution in [1.82, 2.24) is 15.1 Å². The maximum absolute atomic E-state index is 13.0. The number of carbonyl (C=O) groups is 3. The third-order valence-electron chi connectivity index (χ3n) is 5.00. The van der Waals surface area contributed by atoms with Crippen LogP contribution >= 0.6 is 0 Å². The molecular formula is C22H39N3O5. The Morgan fingerprint density at radius 2 is 1.43 bits per heavy atom. The molecule has 0 saturated carbocycles. The van der Waals surface area contributed by atoms with Crippen LogP contribution in [0.3, 0.4) is 0 Å². The van der Waals surface area contributed by atoms with Crippen molar-refractivity contribution in [3.8, 4) is 0 Å². The van der Waals surface area contributed by atoms with E-state index in [9.17, 15) is 19.2 Å². The van der Waals surface area contributed by atoms with Gasteiger partial charge >= 0.3 is 0 Å². The van der Waals surface area contributed by atoms with E-state index in [2.05, 4.69) is 5.32 Å². The lowest BCUT2D eigenvalue weighted by Crippen LogP contribution is -2.54. The number of ether oxygens (including phenoxy) is 1. The van der Waals surface area contributed by atoms with E-state index in [1.165, 1.54) is 18.9 Å². The number of hydrogen-bond acceptors (Lipinski definition) is 6. The highest BCUT2D eigenvalue weighted by atomic mass is 16.5. The standard InChI is InChI=1S/C22H39N3O5/c1-14(2)10-19(17(6)27)25(8)22(29)16(5)23-21(28)20(11-15(3)4)24(7)18(12-26)13-30-9/h14-16,19-20H,10-11,13H2,1-9H3,(H,23,28). The van der Waals surface area contributed by atoms with Crippen LogP contribution in [0.5, 0.6) is 0 Å². The Morgan fingerprint density at radius 1 is 0.933 bits per heavy atom. The molecule has 8 heteroatoms. The van der Waals surface area contributed by atoms with Crippen LogP contribution in [0.25, 0.3) is 0 Å². The number of likely N-dealkylation sites (N-methyl/N-ethyl adjacent to an activating group) is 2. The van der Waals surface area contributed by atoms with Gasteiger partial charge in [-0.15, -0.1) is 0 Å². The Kier molecular flexibility index (Phi) is 12.2. The zero-order valence-corrected chi connectivity index (χ0v) is 19.9. The van der Waals surface area contributed by atoms with Crippen molar-refractivity contribution in [2.45, 2.75) is 72.5 Å². The molecule has 172 valence electrons. The molecule has 30 heavy (non-hydrogen) atoms. The second kappa shape index (κ2) is 13.2. The molecule has 0 rings (SSSR count). The van der Waals surface area contributed by atoms with Crippen LogP contribution in [0.2, 0.25) is 0 Å². The molecule has 0 radical (unpaired) electrons. The number of rotatable bonds is 13. The second-order valence-corrected chi connectivity index (χ2v) is 8.67. The summed E-state index contributed by atoms with van der Waals surface area (Å²) >= 11 is 0. The van der Waals surface area contributed by atoms with Crippen LogP contribution in [0.15, 0.2) is 5.70 Å². The van der Waals surface area contributed by atoms with E-state index in [-0.39, 0.29) is 41.7 Å². The van der Waals surface area contributed by atoms with Crippen LogP contribution in [0.1, 0.15) is 54.4 Å². The monoisotopic (exact) mass is 425 g/mol. The van der Waals surface area contributed by atoms with Crippen molar-refractivity contribution in [3.63, 3.8) is 0 Å². The van der Waals surface area contributed by atoms with Gasteiger partial charge in [-0.1, -0.05) is 27.7 Å². The van der Waals surface area contributed by atoms with E-state index in [1.807, 2.05) is 33.6 Å². The Labute approximate surface area is 181 Å².